The van der Waals surface area contributed by atoms with E-state index in [0.29, 0.717) is 5.41 Å². The number of hydrazone groups is 1. The molecule has 1 amide bonds. The van der Waals surface area contributed by atoms with Crippen molar-refractivity contribution >= 4 is 11.8 Å². The Morgan fingerprint density at radius 2 is 2.15 bits per heavy atom. The summed E-state index contributed by atoms with van der Waals surface area (Å²) < 4.78 is 4.53. The molecule has 0 heterocycles. The number of hydrogen-bond donors (Lipinski definition) is 0. The molecule has 0 atom stereocenters. The molecule has 4 nitrogen and oxygen atoms in total. The lowest BCUT2D eigenvalue weighted by atomic mass is 9.80. The van der Waals surface area contributed by atoms with E-state index in [1.165, 1.54) is 25.0 Å². The van der Waals surface area contributed by atoms with Crippen LogP contribution in [0.25, 0.3) is 0 Å². The molecule has 0 radical (unpaired) electrons. The van der Waals surface area contributed by atoms with E-state index in [1.54, 1.807) is 7.05 Å². The predicted octanol–water partition coefficient (Wildman–Crippen LogP) is 1.61. The third-order valence-corrected chi connectivity index (χ3v) is 2.85. The fourth-order valence-electron chi connectivity index (χ4n) is 1.80. The fraction of sp³-hybridized carbons (Fsp3) is 0.778. The van der Waals surface area contributed by atoms with E-state index in [2.05, 4.69) is 9.84 Å². The van der Waals surface area contributed by atoms with Crippen LogP contribution >= 0.6 is 0 Å². The van der Waals surface area contributed by atoms with Gasteiger partial charge in [-0.05, 0) is 31.1 Å². The Balaban J connectivity index is 1.86. The molecule has 2 aliphatic rings. The first-order valence-electron chi connectivity index (χ1n) is 4.53. The van der Waals surface area contributed by atoms with Crippen molar-refractivity contribution < 1.29 is 9.53 Å². The number of amides is 1. The third-order valence-electron chi connectivity index (χ3n) is 2.85. The minimum Gasteiger partial charge on any atom is -0.451 e. The normalized spacial score (nSPS) is 22.2. The van der Waals surface area contributed by atoms with E-state index >= 15 is 0 Å². The van der Waals surface area contributed by atoms with Crippen LogP contribution in [0.2, 0.25) is 0 Å². The van der Waals surface area contributed by atoms with Crippen molar-refractivity contribution in [3.63, 3.8) is 0 Å². The van der Waals surface area contributed by atoms with Crippen LogP contribution in [0.5, 0.6) is 0 Å². The standard InChI is InChI=1S/C9H14N2O2/c1-11(8(12)13-2)10-7-5-9(6-7)3-4-9/h3-6H2,1-2H3. The zero-order chi connectivity index (χ0) is 9.47. The molecule has 0 aliphatic heterocycles. The second kappa shape index (κ2) is 2.72. The molecule has 2 fully saturated rings. The molecule has 1 spiro atoms. The summed E-state index contributed by atoms with van der Waals surface area (Å²) in [6.07, 6.45) is 4.44. The van der Waals surface area contributed by atoms with Crippen LogP contribution in [-0.4, -0.2) is 31.0 Å². The zero-order valence-corrected chi connectivity index (χ0v) is 8.04. The molecule has 2 aliphatic carbocycles. The van der Waals surface area contributed by atoms with Crippen LogP contribution in [0.15, 0.2) is 5.10 Å². The molecule has 2 saturated carbocycles. The van der Waals surface area contributed by atoms with Crippen LogP contribution in [0, 0.1) is 5.41 Å². The van der Waals surface area contributed by atoms with Crippen molar-refractivity contribution in [2.45, 2.75) is 25.7 Å². The van der Waals surface area contributed by atoms with Crippen molar-refractivity contribution in [3.8, 4) is 0 Å². The maximum absolute atomic E-state index is 11.0. The quantitative estimate of drug-likeness (QED) is 0.578. The second-order valence-electron chi connectivity index (χ2n) is 4.01. The van der Waals surface area contributed by atoms with E-state index < -0.39 is 6.09 Å². The highest BCUT2D eigenvalue weighted by Gasteiger charge is 2.51. The summed E-state index contributed by atoms with van der Waals surface area (Å²) in [5.74, 6) is 0. The van der Waals surface area contributed by atoms with E-state index in [9.17, 15) is 4.79 Å². The maximum Gasteiger partial charge on any atom is 0.429 e. The fourth-order valence-corrected chi connectivity index (χ4v) is 1.80. The smallest absolute Gasteiger partial charge is 0.429 e. The van der Waals surface area contributed by atoms with E-state index in [0.717, 1.165) is 18.6 Å². The number of hydrogen-bond acceptors (Lipinski definition) is 3. The van der Waals surface area contributed by atoms with Crippen LogP contribution in [0.1, 0.15) is 25.7 Å². The Kier molecular flexibility index (Phi) is 1.78. The summed E-state index contributed by atoms with van der Waals surface area (Å²) in [6.45, 7) is 0. The SMILES string of the molecule is COC(=O)N(C)N=C1CC2(CC2)C1. The molecule has 13 heavy (non-hydrogen) atoms. The molecule has 0 aromatic heterocycles. The number of methoxy groups -OCH3 is 1. The average Bonchev–Trinajstić information content (AvgIpc) is 2.82. The summed E-state index contributed by atoms with van der Waals surface area (Å²) >= 11 is 0. The van der Waals surface area contributed by atoms with E-state index in [4.69, 9.17) is 0 Å². The lowest BCUT2D eigenvalue weighted by Crippen LogP contribution is -2.30. The summed E-state index contributed by atoms with van der Waals surface area (Å²) in [6, 6.07) is 0. The third kappa shape index (κ3) is 1.53. The van der Waals surface area contributed by atoms with Gasteiger partial charge < -0.3 is 4.74 Å². The van der Waals surface area contributed by atoms with Gasteiger partial charge in [-0.2, -0.15) is 5.10 Å². The van der Waals surface area contributed by atoms with Gasteiger partial charge in [-0.3, -0.25) is 0 Å². The number of rotatable bonds is 1. The number of carbonyl (C=O) groups is 1. The summed E-state index contributed by atoms with van der Waals surface area (Å²) in [4.78, 5) is 11.0. The van der Waals surface area contributed by atoms with Crippen LogP contribution in [-0.2, 0) is 4.74 Å². The van der Waals surface area contributed by atoms with E-state index in [-0.39, 0.29) is 0 Å². The van der Waals surface area contributed by atoms with Gasteiger partial charge >= 0.3 is 6.09 Å². The molecule has 4 heteroatoms. The molecular formula is C9H14N2O2. The van der Waals surface area contributed by atoms with Gasteiger partial charge in [0.25, 0.3) is 0 Å². The Morgan fingerprint density at radius 1 is 1.54 bits per heavy atom. The van der Waals surface area contributed by atoms with Crippen molar-refractivity contribution in [1.82, 2.24) is 5.01 Å². The molecule has 2 rings (SSSR count). The Labute approximate surface area is 77.5 Å². The largest absolute Gasteiger partial charge is 0.451 e. The zero-order valence-electron chi connectivity index (χ0n) is 8.04. The number of nitrogens with zero attached hydrogens (tertiary/aromatic N) is 2. The van der Waals surface area contributed by atoms with Crippen molar-refractivity contribution in [2.75, 3.05) is 14.2 Å². The highest BCUT2D eigenvalue weighted by Crippen LogP contribution is 2.59. The number of ether oxygens (including phenoxy) is 1. The Hall–Kier alpha value is -1.06. The predicted molar refractivity (Wildman–Crippen MR) is 48.5 cm³/mol. The van der Waals surface area contributed by atoms with Gasteiger partial charge in [0, 0.05) is 12.8 Å². The van der Waals surface area contributed by atoms with Crippen LogP contribution in [0.3, 0.4) is 0 Å². The van der Waals surface area contributed by atoms with Gasteiger partial charge in [-0.1, -0.05) is 0 Å². The van der Waals surface area contributed by atoms with Crippen molar-refractivity contribution in [1.29, 1.82) is 0 Å². The molecular weight excluding hydrogens is 168 g/mol. The molecule has 0 aromatic rings. The number of carbonyl (C=O) groups excluding carboxylic acids is 1. The average molecular weight is 182 g/mol. The molecule has 0 bridgehead atoms. The maximum atomic E-state index is 11.0. The summed E-state index contributed by atoms with van der Waals surface area (Å²) in [7, 11) is 2.99. The lowest BCUT2D eigenvalue weighted by Gasteiger charge is -2.28. The van der Waals surface area contributed by atoms with Gasteiger partial charge in [0.2, 0.25) is 0 Å². The highest BCUT2D eigenvalue weighted by atomic mass is 16.5. The van der Waals surface area contributed by atoms with Gasteiger partial charge in [0.15, 0.2) is 0 Å². The minimum atomic E-state index is -0.399. The monoisotopic (exact) mass is 182 g/mol. The van der Waals surface area contributed by atoms with Crippen molar-refractivity contribution in [2.24, 2.45) is 10.5 Å². The van der Waals surface area contributed by atoms with Gasteiger partial charge in [0.1, 0.15) is 0 Å². The van der Waals surface area contributed by atoms with Gasteiger partial charge in [-0.25, -0.2) is 9.80 Å². The van der Waals surface area contributed by atoms with Crippen molar-refractivity contribution in [3.05, 3.63) is 0 Å². The first kappa shape index (κ1) is 8.53. The molecule has 0 aromatic carbocycles. The lowest BCUT2D eigenvalue weighted by molar-refractivity contribution is 0.134. The summed E-state index contributed by atoms with van der Waals surface area (Å²) in [5.41, 5.74) is 1.74. The van der Waals surface area contributed by atoms with Gasteiger partial charge in [-0.15, -0.1) is 0 Å². The highest BCUT2D eigenvalue weighted by molar-refractivity contribution is 5.93. The van der Waals surface area contributed by atoms with E-state index in [1.807, 2.05) is 0 Å². The van der Waals surface area contributed by atoms with Gasteiger partial charge in [0.05, 0.1) is 7.11 Å². The van der Waals surface area contributed by atoms with Crippen LogP contribution in [0.4, 0.5) is 4.79 Å². The first-order chi connectivity index (χ1) is 6.15. The Morgan fingerprint density at radius 3 is 2.62 bits per heavy atom. The molecule has 72 valence electrons. The minimum absolute atomic E-state index is 0.399. The Bertz CT molecular complexity index is 259. The molecule has 0 saturated heterocycles. The topological polar surface area (TPSA) is 41.9 Å². The molecule has 0 unspecified atom stereocenters. The van der Waals surface area contributed by atoms with Crippen LogP contribution < -0.4 is 0 Å². The summed E-state index contributed by atoms with van der Waals surface area (Å²) in [5, 5.41) is 5.43. The second-order valence-corrected chi connectivity index (χ2v) is 4.01. The first-order valence-corrected chi connectivity index (χ1v) is 4.53. The molecule has 0 N–H and O–H groups in total.